The van der Waals surface area contributed by atoms with Crippen molar-refractivity contribution in [2.75, 3.05) is 13.1 Å². The Kier molecular flexibility index (Phi) is 5.09. The molecule has 0 saturated carbocycles. The van der Waals surface area contributed by atoms with Crippen molar-refractivity contribution < 1.29 is 4.79 Å². The number of amides is 1. The molecule has 0 aliphatic rings. The maximum atomic E-state index is 11.7. The molecule has 0 saturated heterocycles. The summed E-state index contributed by atoms with van der Waals surface area (Å²) in [4.78, 5) is 11.7. The molecule has 96 valence electrons. The molecule has 0 radical (unpaired) electrons. The molecule has 0 aliphatic heterocycles. The van der Waals surface area contributed by atoms with Crippen LogP contribution in [0.2, 0.25) is 0 Å². The Labute approximate surface area is 102 Å². The van der Waals surface area contributed by atoms with Gasteiger partial charge in [-0.1, -0.05) is 26.0 Å². The summed E-state index contributed by atoms with van der Waals surface area (Å²) in [6.45, 7) is 8.08. The zero-order valence-corrected chi connectivity index (χ0v) is 10.7. The van der Waals surface area contributed by atoms with Crippen molar-refractivity contribution >= 4 is 5.91 Å². The van der Waals surface area contributed by atoms with Crippen LogP contribution in [0.3, 0.4) is 0 Å². The number of nitrogens with one attached hydrogen (secondary N) is 1. The molecule has 0 aromatic carbocycles. The number of hydrogen-bond donors (Lipinski definition) is 2. The molecule has 1 unspecified atom stereocenters. The third-order valence-electron chi connectivity index (χ3n) is 2.85. The van der Waals surface area contributed by atoms with Gasteiger partial charge >= 0.3 is 0 Å². The SMILES string of the molecule is CC(C)C(C)CNC(=O)c1cn(CCN)nn1. The Balaban J connectivity index is 2.46. The summed E-state index contributed by atoms with van der Waals surface area (Å²) in [7, 11) is 0. The van der Waals surface area contributed by atoms with E-state index in [1.807, 2.05) is 0 Å². The first-order valence-corrected chi connectivity index (χ1v) is 5.93. The third kappa shape index (κ3) is 4.14. The zero-order chi connectivity index (χ0) is 12.8. The molecule has 3 N–H and O–H groups in total. The van der Waals surface area contributed by atoms with Gasteiger partial charge in [-0.2, -0.15) is 0 Å². The number of carbonyl (C=O) groups is 1. The fourth-order valence-electron chi connectivity index (χ4n) is 1.22. The maximum Gasteiger partial charge on any atom is 0.273 e. The topological polar surface area (TPSA) is 85.8 Å². The highest BCUT2D eigenvalue weighted by Gasteiger charge is 2.13. The van der Waals surface area contributed by atoms with Crippen LogP contribution in [0.25, 0.3) is 0 Å². The van der Waals surface area contributed by atoms with Gasteiger partial charge in [-0.3, -0.25) is 9.48 Å². The van der Waals surface area contributed by atoms with Crippen molar-refractivity contribution in [2.24, 2.45) is 17.6 Å². The van der Waals surface area contributed by atoms with E-state index in [0.29, 0.717) is 37.2 Å². The van der Waals surface area contributed by atoms with Crippen molar-refractivity contribution in [3.05, 3.63) is 11.9 Å². The molecular formula is C11H21N5O. The highest BCUT2D eigenvalue weighted by atomic mass is 16.2. The lowest BCUT2D eigenvalue weighted by Gasteiger charge is -2.15. The first kappa shape index (κ1) is 13.6. The first-order valence-electron chi connectivity index (χ1n) is 5.93. The minimum absolute atomic E-state index is 0.180. The second-order valence-electron chi connectivity index (χ2n) is 4.59. The van der Waals surface area contributed by atoms with Crippen LogP contribution < -0.4 is 11.1 Å². The molecule has 1 aromatic rings. The van der Waals surface area contributed by atoms with Crippen LogP contribution in [0.15, 0.2) is 6.20 Å². The number of carbonyl (C=O) groups excluding carboxylic acids is 1. The molecule has 17 heavy (non-hydrogen) atoms. The Hall–Kier alpha value is -1.43. The summed E-state index contributed by atoms with van der Waals surface area (Å²) in [6, 6.07) is 0. The quantitative estimate of drug-likeness (QED) is 0.745. The van der Waals surface area contributed by atoms with Crippen molar-refractivity contribution in [2.45, 2.75) is 27.3 Å². The molecular weight excluding hydrogens is 218 g/mol. The van der Waals surface area contributed by atoms with Gasteiger partial charge < -0.3 is 11.1 Å². The van der Waals surface area contributed by atoms with E-state index >= 15 is 0 Å². The average Bonchev–Trinajstić information content (AvgIpc) is 2.74. The predicted molar refractivity (Wildman–Crippen MR) is 65.4 cm³/mol. The van der Waals surface area contributed by atoms with Gasteiger partial charge in [-0.05, 0) is 11.8 Å². The van der Waals surface area contributed by atoms with Crippen LogP contribution in [0.5, 0.6) is 0 Å². The number of hydrogen-bond acceptors (Lipinski definition) is 4. The van der Waals surface area contributed by atoms with Gasteiger partial charge in [0.25, 0.3) is 5.91 Å². The van der Waals surface area contributed by atoms with Crippen molar-refractivity contribution in [1.29, 1.82) is 0 Å². The third-order valence-corrected chi connectivity index (χ3v) is 2.85. The Morgan fingerprint density at radius 2 is 2.24 bits per heavy atom. The molecule has 1 atom stereocenters. The number of aromatic nitrogens is 3. The summed E-state index contributed by atoms with van der Waals surface area (Å²) in [6.07, 6.45) is 1.61. The fourth-order valence-corrected chi connectivity index (χ4v) is 1.22. The highest BCUT2D eigenvalue weighted by Crippen LogP contribution is 2.07. The van der Waals surface area contributed by atoms with Gasteiger partial charge in [-0.25, -0.2) is 0 Å². The summed E-state index contributed by atoms with van der Waals surface area (Å²) in [5.41, 5.74) is 5.73. The van der Waals surface area contributed by atoms with Crippen LogP contribution >= 0.6 is 0 Å². The van der Waals surface area contributed by atoms with Crippen LogP contribution in [0.1, 0.15) is 31.3 Å². The van der Waals surface area contributed by atoms with E-state index in [2.05, 4.69) is 36.4 Å². The zero-order valence-electron chi connectivity index (χ0n) is 10.7. The van der Waals surface area contributed by atoms with Crippen LogP contribution in [-0.2, 0) is 6.54 Å². The van der Waals surface area contributed by atoms with Crippen molar-refractivity contribution in [3.63, 3.8) is 0 Å². The summed E-state index contributed by atoms with van der Waals surface area (Å²) >= 11 is 0. The molecule has 1 amide bonds. The minimum atomic E-state index is -0.180. The van der Waals surface area contributed by atoms with Crippen molar-refractivity contribution in [1.82, 2.24) is 20.3 Å². The van der Waals surface area contributed by atoms with Gasteiger partial charge in [0.1, 0.15) is 0 Å². The fraction of sp³-hybridized carbons (Fsp3) is 0.727. The van der Waals surface area contributed by atoms with Gasteiger partial charge in [-0.15, -0.1) is 5.10 Å². The Morgan fingerprint density at radius 1 is 1.53 bits per heavy atom. The highest BCUT2D eigenvalue weighted by molar-refractivity contribution is 5.91. The Bertz CT molecular complexity index is 360. The van der Waals surface area contributed by atoms with E-state index < -0.39 is 0 Å². The normalized spacial score (nSPS) is 12.8. The van der Waals surface area contributed by atoms with E-state index in [4.69, 9.17) is 5.73 Å². The lowest BCUT2D eigenvalue weighted by Crippen LogP contribution is -2.30. The second-order valence-corrected chi connectivity index (χ2v) is 4.59. The van der Waals surface area contributed by atoms with Crippen LogP contribution in [0, 0.1) is 11.8 Å². The van der Waals surface area contributed by atoms with E-state index in [1.165, 1.54) is 0 Å². The molecule has 0 bridgehead atoms. The molecule has 1 heterocycles. The van der Waals surface area contributed by atoms with E-state index in [-0.39, 0.29) is 5.91 Å². The summed E-state index contributed by atoms with van der Waals surface area (Å²) in [5.74, 6) is 0.807. The first-order chi connectivity index (χ1) is 8.04. The number of rotatable bonds is 6. The molecule has 0 aliphatic carbocycles. The maximum absolute atomic E-state index is 11.7. The van der Waals surface area contributed by atoms with Gasteiger partial charge in [0.05, 0.1) is 12.7 Å². The molecule has 6 nitrogen and oxygen atoms in total. The number of nitrogens with two attached hydrogens (primary N) is 1. The monoisotopic (exact) mass is 239 g/mol. The van der Waals surface area contributed by atoms with E-state index in [9.17, 15) is 4.79 Å². The lowest BCUT2D eigenvalue weighted by atomic mass is 9.98. The van der Waals surface area contributed by atoms with Crippen LogP contribution in [-0.4, -0.2) is 34.0 Å². The van der Waals surface area contributed by atoms with Gasteiger partial charge in [0, 0.05) is 13.1 Å². The average molecular weight is 239 g/mol. The summed E-state index contributed by atoms with van der Waals surface area (Å²) < 4.78 is 1.57. The standard InChI is InChI=1S/C11H21N5O/c1-8(2)9(3)6-13-11(17)10-7-16(5-4-12)15-14-10/h7-9H,4-6,12H2,1-3H3,(H,13,17). The van der Waals surface area contributed by atoms with E-state index in [0.717, 1.165) is 0 Å². The largest absolute Gasteiger partial charge is 0.350 e. The molecule has 0 spiro atoms. The molecule has 0 fully saturated rings. The second kappa shape index (κ2) is 6.34. The molecule has 6 heteroatoms. The number of nitrogens with zero attached hydrogens (tertiary/aromatic N) is 3. The lowest BCUT2D eigenvalue weighted by molar-refractivity contribution is 0.0940. The van der Waals surface area contributed by atoms with Crippen LogP contribution in [0.4, 0.5) is 0 Å². The van der Waals surface area contributed by atoms with E-state index in [1.54, 1.807) is 10.9 Å². The van der Waals surface area contributed by atoms with Gasteiger partial charge in [0.15, 0.2) is 5.69 Å². The Morgan fingerprint density at radius 3 is 2.82 bits per heavy atom. The molecule has 1 aromatic heterocycles. The van der Waals surface area contributed by atoms with Gasteiger partial charge in [0.2, 0.25) is 0 Å². The summed E-state index contributed by atoms with van der Waals surface area (Å²) in [5, 5.41) is 10.5. The predicted octanol–water partition coefficient (Wildman–Crippen LogP) is 0.259. The smallest absolute Gasteiger partial charge is 0.273 e. The minimum Gasteiger partial charge on any atom is -0.350 e. The van der Waals surface area contributed by atoms with Crippen molar-refractivity contribution in [3.8, 4) is 0 Å². The molecule has 1 rings (SSSR count).